The summed E-state index contributed by atoms with van der Waals surface area (Å²) in [6.07, 6.45) is 9.48. The van der Waals surface area contributed by atoms with Gasteiger partial charge in [-0.2, -0.15) is 0 Å². The molecule has 118 valence electrons. The van der Waals surface area contributed by atoms with E-state index in [9.17, 15) is 10.1 Å². The second kappa shape index (κ2) is 6.25. The highest BCUT2D eigenvalue weighted by molar-refractivity contribution is 5.18. The molecule has 0 radical (unpaired) electrons. The van der Waals surface area contributed by atoms with Crippen molar-refractivity contribution in [2.75, 3.05) is 0 Å². The van der Waals surface area contributed by atoms with Gasteiger partial charge in [-0.15, -0.1) is 5.10 Å². The average Bonchev–Trinajstić information content (AvgIpc) is 3.13. The van der Waals surface area contributed by atoms with E-state index in [2.05, 4.69) is 15.3 Å². The summed E-state index contributed by atoms with van der Waals surface area (Å²) in [4.78, 5) is 14.6. The van der Waals surface area contributed by atoms with Gasteiger partial charge in [-0.3, -0.25) is 0 Å². The Kier molecular flexibility index (Phi) is 4.17. The summed E-state index contributed by atoms with van der Waals surface area (Å²) in [6, 6.07) is 0. The van der Waals surface area contributed by atoms with Crippen molar-refractivity contribution >= 4 is 5.82 Å². The van der Waals surface area contributed by atoms with Crippen molar-refractivity contribution in [2.45, 2.75) is 58.0 Å². The van der Waals surface area contributed by atoms with Crippen LogP contribution >= 0.6 is 0 Å². The Morgan fingerprint density at radius 2 is 2.09 bits per heavy atom. The normalized spacial score (nSPS) is 16.0. The summed E-state index contributed by atoms with van der Waals surface area (Å²) in [5, 5.41) is 19.4. The predicted molar refractivity (Wildman–Crippen MR) is 79.5 cm³/mol. The second-order valence-electron chi connectivity index (χ2n) is 5.81. The fourth-order valence-corrected chi connectivity index (χ4v) is 3.09. The smallest absolute Gasteiger partial charge is 0.342 e. The Balaban J connectivity index is 1.66. The van der Waals surface area contributed by atoms with Crippen molar-refractivity contribution in [1.82, 2.24) is 24.5 Å². The lowest BCUT2D eigenvalue weighted by Gasteiger charge is -2.18. The molecule has 8 heteroatoms. The molecule has 3 rings (SSSR count). The summed E-state index contributed by atoms with van der Waals surface area (Å²) < 4.78 is 3.37. The predicted octanol–water partition coefficient (Wildman–Crippen LogP) is 2.44. The molecule has 0 aliphatic heterocycles. The lowest BCUT2D eigenvalue weighted by molar-refractivity contribution is -0.392. The first-order chi connectivity index (χ1) is 10.6. The van der Waals surface area contributed by atoms with E-state index in [0.717, 1.165) is 5.69 Å². The highest BCUT2D eigenvalue weighted by Crippen LogP contribution is 2.31. The van der Waals surface area contributed by atoms with Crippen LogP contribution < -0.4 is 0 Å². The van der Waals surface area contributed by atoms with E-state index in [1.54, 1.807) is 16.2 Å². The molecule has 0 atom stereocenters. The number of rotatable bonds is 5. The first kappa shape index (κ1) is 14.7. The highest BCUT2D eigenvalue weighted by atomic mass is 16.6. The van der Waals surface area contributed by atoms with E-state index in [1.165, 1.54) is 38.3 Å². The van der Waals surface area contributed by atoms with Gasteiger partial charge in [0.05, 0.1) is 12.2 Å². The fraction of sp³-hybridized carbons (Fsp3) is 0.643. The van der Waals surface area contributed by atoms with Crippen LogP contribution in [-0.4, -0.2) is 29.5 Å². The number of hydrogen-bond acceptors (Lipinski definition) is 5. The van der Waals surface area contributed by atoms with Crippen LogP contribution in [-0.2, 0) is 13.1 Å². The maximum Gasteiger partial charge on any atom is 0.342 e. The van der Waals surface area contributed by atoms with Gasteiger partial charge in [0.1, 0.15) is 12.7 Å². The van der Waals surface area contributed by atoms with Gasteiger partial charge >= 0.3 is 5.82 Å². The van der Waals surface area contributed by atoms with Crippen LogP contribution in [0.1, 0.15) is 49.5 Å². The van der Waals surface area contributed by atoms with Gasteiger partial charge in [0.15, 0.2) is 5.82 Å². The van der Waals surface area contributed by atoms with Gasteiger partial charge in [-0.25, -0.2) is 14.2 Å². The zero-order valence-corrected chi connectivity index (χ0v) is 12.7. The molecule has 1 saturated carbocycles. The minimum absolute atomic E-state index is 0.0186. The third-order valence-corrected chi connectivity index (χ3v) is 4.35. The van der Waals surface area contributed by atoms with Gasteiger partial charge < -0.3 is 10.1 Å². The molecule has 1 fully saturated rings. The molecule has 2 aromatic heterocycles. The first-order valence-electron chi connectivity index (χ1n) is 7.71. The lowest BCUT2D eigenvalue weighted by Crippen LogP contribution is -2.11. The molecule has 0 N–H and O–H groups in total. The monoisotopic (exact) mass is 304 g/mol. The Bertz CT molecular complexity index is 656. The minimum atomic E-state index is -0.408. The number of nitro groups is 1. The van der Waals surface area contributed by atoms with Crippen LogP contribution in [0.2, 0.25) is 0 Å². The minimum Gasteiger partial charge on any atom is -0.358 e. The van der Waals surface area contributed by atoms with Gasteiger partial charge in [0.2, 0.25) is 0 Å². The molecule has 2 heterocycles. The molecule has 22 heavy (non-hydrogen) atoms. The van der Waals surface area contributed by atoms with E-state index in [0.29, 0.717) is 24.8 Å². The summed E-state index contributed by atoms with van der Waals surface area (Å²) in [7, 11) is 0. The van der Waals surface area contributed by atoms with Gasteiger partial charge in [-0.05, 0) is 17.8 Å². The molecule has 1 aliphatic carbocycles. The van der Waals surface area contributed by atoms with E-state index < -0.39 is 4.92 Å². The summed E-state index contributed by atoms with van der Waals surface area (Å²) in [5.41, 5.74) is 1.05. The van der Waals surface area contributed by atoms with Gasteiger partial charge in [-0.1, -0.05) is 24.5 Å². The molecule has 0 amide bonds. The number of nitrogens with zero attached hydrogens (tertiary/aromatic N) is 6. The topological polar surface area (TPSA) is 91.7 Å². The molecular weight excluding hydrogens is 284 g/mol. The number of hydrogen-bond donors (Lipinski definition) is 0. The molecule has 0 spiro atoms. The summed E-state index contributed by atoms with van der Waals surface area (Å²) in [6.45, 7) is 2.79. The van der Waals surface area contributed by atoms with Crippen LogP contribution in [0.25, 0.3) is 0 Å². The Morgan fingerprint density at radius 3 is 2.82 bits per heavy atom. The molecule has 0 unspecified atom stereocenters. The molecule has 0 bridgehead atoms. The average molecular weight is 304 g/mol. The van der Waals surface area contributed by atoms with Crippen molar-refractivity contribution in [2.24, 2.45) is 0 Å². The molecule has 0 aromatic carbocycles. The van der Waals surface area contributed by atoms with E-state index in [4.69, 9.17) is 0 Å². The van der Waals surface area contributed by atoms with Gasteiger partial charge in [0.25, 0.3) is 0 Å². The Labute approximate surface area is 128 Å². The van der Waals surface area contributed by atoms with Crippen LogP contribution in [0.15, 0.2) is 12.4 Å². The lowest BCUT2D eigenvalue weighted by atomic mass is 9.87. The fourth-order valence-electron chi connectivity index (χ4n) is 3.09. The quantitative estimate of drug-likeness (QED) is 0.625. The molecule has 0 saturated heterocycles. The summed E-state index contributed by atoms with van der Waals surface area (Å²) in [5.74, 6) is 1.18. The maximum atomic E-state index is 11.0. The Morgan fingerprint density at radius 1 is 1.32 bits per heavy atom. The van der Waals surface area contributed by atoms with Gasteiger partial charge in [0, 0.05) is 19.0 Å². The molecule has 2 aromatic rings. The zero-order chi connectivity index (χ0) is 15.5. The number of imidazole rings is 1. The van der Waals surface area contributed by atoms with Crippen LogP contribution in [0, 0.1) is 17.0 Å². The van der Waals surface area contributed by atoms with Crippen LogP contribution in [0.4, 0.5) is 5.82 Å². The van der Waals surface area contributed by atoms with Crippen molar-refractivity contribution in [3.05, 3.63) is 34.0 Å². The molecule has 8 nitrogen and oxygen atoms in total. The third-order valence-electron chi connectivity index (χ3n) is 4.35. The van der Waals surface area contributed by atoms with Crippen molar-refractivity contribution in [3.8, 4) is 0 Å². The third kappa shape index (κ3) is 3.00. The molecule has 1 aliphatic rings. The SMILES string of the molecule is Cc1ncc([N+](=O)[O-])n1CCn1cc(C2CCCCC2)nn1. The van der Waals surface area contributed by atoms with Crippen LogP contribution in [0.3, 0.4) is 0 Å². The summed E-state index contributed by atoms with van der Waals surface area (Å²) >= 11 is 0. The number of aromatic nitrogens is 5. The van der Waals surface area contributed by atoms with Crippen LogP contribution in [0.5, 0.6) is 0 Å². The highest BCUT2D eigenvalue weighted by Gasteiger charge is 2.20. The first-order valence-corrected chi connectivity index (χ1v) is 7.71. The van der Waals surface area contributed by atoms with E-state index >= 15 is 0 Å². The second-order valence-corrected chi connectivity index (χ2v) is 5.81. The number of aryl methyl sites for hydroxylation is 2. The van der Waals surface area contributed by atoms with E-state index in [1.807, 2.05) is 6.20 Å². The van der Waals surface area contributed by atoms with Crippen molar-refractivity contribution < 1.29 is 4.92 Å². The van der Waals surface area contributed by atoms with E-state index in [-0.39, 0.29) is 5.82 Å². The molecular formula is C14H20N6O2. The Hall–Kier alpha value is -2.25. The largest absolute Gasteiger partial charge is 0.358 e. The maximum absolute atomic E-state index is 11.0. The van der Waals surface area contributed by atoms with Crippen molar-refractivity contribution in [1.29, 1.82) is 0 Å². The van der Waals surface area contributed by atoms with Crippen molar-refractivity contribution in [3.63, 3.8) is 0 Å². The zero-order valence-electron chi connectivity index (χ0n) is 12.7. The standard InChI is InChI=1S/C14H20N6O2/c1-11-15-9-14(20(21)22)19(11)8-7-18-10-13(16-17-18)12-5-3-2-4-6-12/h9-10,12H,2-8H2,1H3.